The van der Waals surface area contributed by atoms with Crippen LogP contribution in [0.2, 0.25) is 0 Å². The van der Waals surface area contributed by atoms with Crippen molar-refractivity contribution in [1.29, 1.82) is 0 Å². The maximum atomic E-state index is 13.5. The molecule has 8 heteroatoms. The summed E-state index contributed by atoms with van der Waals surface area (Å²) in [7, 11) is 0. The van der Waals surface area contributed by atoms with E-state index in [0.29, 0.717) is 11.5 Å². The number of halogens is 2. The molecule has 30 heavy (non-hydrogen) atoms. The van der Waals surface area contributed by atoms with E-state index in [-0.39, 0.29) is 24.4 Å². The van der Waals surface area contributed by atoms with Crippen molar-refractivity contribution in [2.45, 2.75) is 64.1 Å². The Morgan fingerprint density at radius 3 is 2.47 bits per heavy atom. The first-order chi connectivity index (χ1) is 14.2. The van der Waals surface area contributed by atoms with Crippen molar-refractivity contribution in [2.75, 3.05) is 6.54 Å². The van der Waals surface area contributed by atoms with Crippen LogP contribution in [-0.4, -0.2) is 34.7 Å². The van der Waals surface area contributed by atoms with Crippen LogP contribution in [0.4, 0.5) is 8.78 Å². The van der Waals surface area contributed by atoms with Crippen molar-refractivity contribution in [3.63, 3.8) is 0 Å². The largest absolute Gasteiger partial charge is 0.390 e. The molecule has 1 fully saturated rings. The molecular weight excluding hydrogens is 408 g/mol. The molecule has 3 N–H and O–H groups in total. The fourth-order valence-electron chi connectivity index (χ4n) is 3.58. The average Bonchev–Trinajstić information content (AvgIpc) is 3.28. The quantitative estimate of drug-likeness (QED) is 0.533. The molecule has 1 aliphatic rings. The summed E-state index contributed by atoms with van der Waals surface area (Å²) in [5.41, 5.74) is 0.201. The number of benzene rings is 1. The van der Waals surface area contributed by atoms with Gasteiger partial charge in [0.05, 0.1) is 22.7 Å². The second kappa shape index (κ2) is 9.49. The van der Waals surface area contributed by atoms with E-state index >= 15 is 0 Å². The lowest BCUT2D eigenvalue weighted by Gasteiger charge is -2.26. The Hall–Kier alpha value is -1.90. The zero-order valence-corrected chi connectivity index (χ0v) is 18.4. The summed E-state index contributed by atoms with van der Waals surface area (Å²) in [4.78, 5) is 17.3. The van der Waals surface area contributed by atoms with Gasteiger partial charge in [0.15, 0.2) is 0 Å². The molecule has 0 bridgehead atoms. The predicted octanol–water partition coefficient (Wildman–Crippen LogP) is 3.31. The Morgan fingerprint density at radius 2 is 1.90 bits per heavy atom. The number of nitrogens with one attached hydrogen (secondary N) is 2. The standard InChI is InChI=1S/C22H29F2N3O2S/c1-13(2)6-21-25-12-20(30-21)22(4-5-22)26-11-19(29)18(27-14(3)28)9-15-7-16(23)10-17(24)8-15/h7-8,10,12-13,18-19,26,29H,4-6,9,11H2,1-3H3,(H,27,28)/t18-,19+/m0/s1. The highest BCUT2D eigenvalue weighted by atomic mass is 32.1. The third-order valence-electron chi connectivity index (χ3n) is 5.24. The summed E-state index contributed by atoms with van der Waals surface area (Å²) in [6.45, 7) is 5.93. The zero-order chi connectivity index (χ0) is 21.9. The van der Waals surface area contributed by atoms with E-state index in [1.165, 1.54) is 19.1 Å². The Balaban J connectivity index is 1.64. The molecule has 164 valence electrons. The van der Waals surface area contributed by atoms with Crippen LogP contribution in [0.3, 0.4) is 0 Å². The summed E-state index contributed by atoms with van der Waals surface area (Å²) < 4.78 is 27.0. The number of hydrogen-bond acceptors (Lipinski definition) is 5. The minimum absolute atomic E-state index is 0.128. The highest BCUT2D eigenvalue weighted by Crippen LogP contribution is 2.47. The highest BCUT2D eigenvalue weighted by molar-refractivity contribution is 7.11. The number of nitrogens with zero attached hydrogens (tertiary/aromatic N) is 1. The highest BCUT2D eigenvalue weighted by Gasteiger charge is 2.46. The van der Waals surface area contributed by atoms with Gasteiger partial charge in [0.25, 0.3) is 0 Å². The first kappa shape index (κ1) is 22.8. The number of aliphatic hydroxyl groups is 1. The van der Waals surface area contributed by atoms with Gasteiger partial charge in [-0.05, 0) is 42.9 Å². The van der Waals surface area contributed by atoms with Crippen molar-refractivity contribution in [1.82, 2.24) is 15.6 Å². The summed E-state index contributed by atoms with van der Waals surface area (Å²) >= 11 is 1.70. The molecule has 1 heterocycles. The Labute approximate surface area is 179 Å². The Kier molecular flexibility index (Phi) is 7.21. The van der Waals surface area contributed by atoms with Gasteiger partial charge in [0, 0.05) is 37.0 Å². The van der Waals surface area contributed by atoms with E-state index in [1.807, 2.05) is 6.20 Å². The van der Waals surface area contributed by atoms with Crippen molar-refractivity contribution in [3.8, 4) is 0 Å². The summed E-state index contributed by atoms with van der Waals surface area (Å²) in [6, 6.07) is 2.57. The molecule has 0 radical (unpaired) electrons. The second-order valence-electron chi connectivity index (χ2n) is 8.54. The molecule has 1 aromatic carbocycles. The van der Waals surface area contributed by atoms with Gasteiger partial charge in [-0.1, -0.05) is 13.8 Å². The number of hydrogen-bond donors (Lipinski definition) is 3. The van der Waals surface area contributed by atoms with Crippen LogP contribution < -0.4 is 10.6 Å². The molecule has 1 aliphatic carbocycles. The van der Waals surface area contributed by atoms with Crippen LogP contribution in [0, 0.1) is 17.6 Å². The topological polar surface area (TPSA) is 74.2 Å². The summed E-state index contributed by atoms with van der Waals surface area (Å²) in [6.07, 6.45) is 3.99. The molecule has 0 unspecified atom stereocenters. The van der Waals surface area contributed by atoms with E-state index in [2.05, 4.69) is 29.5 Å². The van der Waals surface area contributed by atoms with Crippen molar-refractivity contribution < 1.29 is 18.7 Å². The lowest BCUT2D eigenvalue weighted by atomic mass is 10.00. The minimum atomic E-state index is -0.916. The molecule has 3 rings (SSSR count). The van der Waals surface area contributed by atoms with Crippen LogP contribution in [0.15, 0.2) is 24.4 Å². The number of amides is 1. The molecular formula is C22H29F2N3O2S. The van der Waals surface area contributed by atoms with E-state index in [9.17, 15) is 18.7 Å². The molecule has 0 spiro atoms. The fraction of sp³-hybridized carbons (Fsp3) is 0.545. The van der Waals surface area contributed by atoms with E-state index < -0.39 is 23.8 Å². The molecule has 1 saturated carbocycles. The van der Waals surface area contributed by atoms with Crippen molar-refractivity contribution >= 4 is 17.2 Å². The van der Waals surface area contributed by atoms with E-state index in [1.54, 1.807) is 11.3 Å². The normalized spacial score (nSPS) is 17.0. The number of rotatable bonds is 10. The van der Waals surface area contributed by atoms with Crippen LogP contribution in [-0.2, 0) is 23.2 Å². The summed E-state index contributed by atoms with van der Waals surface area (Å²) in [5, 5.41) is 18.0. The first-order valence-electron chi connectivity index (χ1n) is 10.3. The van der Waals surface area contributed by atoms with Gasteiger partial charge in [0.2, 0.25) is 5.91 Å². The van der Waals surface area contributed by atoms with Crippen molar-refractivity contribution in [3.05, 3.63) is 51.5 Å². The summed E-state index contributed by atoms with van der Waals surface area (Å²) in [5.74, 6) is -1.13. The predicted molar refractivity (Wildman–Crippen MR) is 113 cm³/mol. The van der Waals surface area contributed by atoms with Gasteiger partial charge < -0.3 is 15.7 Å². The zero-order valence-electron chi connectivity index (χ0n) is 17.5. The maximum absolute atomic E-state index is 13.5. The number of aliphatic hydroxyl groups excluding tert-OH is 1. The molecule has 1 amide bonds. The number of carbonyl (C=O) groups excluding carboxylic acids is 1. The number of thiazole rings is 1. The third-order valence-corrected chi connectivity index (χ3v) is 6.46. The Morgan fingerprint density at radius 1 is 1.23 bits per heavy atom. The molecule has 5 nitrogen and oxygen atoms in total. The molecule has 0 saturated heterocycles. The second-order valence-corrected chi connectivity index (χ2v) is 9.65. The van der Waals surface area contributed by atoms with E-state index in [0.717, 1.165) is 35.2 Å². The lowest BCUT2D eigenvalue weighted by Crippen LogP contribution is -2.49. The molecule has 2 atom stereocenters. The molecule has 1 aromatic heterocycles. The lowest BCUT2D eigenvalue weighted by molar-refractivity contribution is -0.120. The van der Waals surface area contributed by atoms with Gasteiger partial charge >= 0.3 is 0 Å². The van der Waals surface area contributed by atoms with Crippen LogP contribution in [0.1, 0.15) is 49.1 Å². The minimum Gasteiger partial charge on any atom is -0.390 e. The number of aromatic nitrogens is 1. The van der Waals surface area contributed by atoms with Gasteiger partial charge in [-0.25, -0.2) is 13.8 Å². The number of carbonyl (C=O) groups is 1. The molecule has 0 aliphatic heterocycles. The third kappa shape index (κ3) is 6.06. The van der Waals surface area contributed by atoms with Gasteiger partial charge in [-0.3, -0.25) is 4.79 Å². The molecule has 2 aromatic rings. The maximum Gasteiger partial charge on any atom is 0.217 e. The van der Waals surface area contributed by atoms with Crippen LogP contribution >= 0.6 is 11.3 Å². The Bertz CT molecular complexity index is 863. The smallest absolute Gasteiger partial charge is 0.217 e. The van der Waals surface area contributed by atoms with Gasteiger partial charge in [-0.15, -0.1) is 11.3 Å². The van der Waals surface area contributed by atoms with Crippen molar-refractivity contribution in [2.24, 2.45) is 5.92 Å². The first-order valence-corrected chi connectivity index (χ1v) is 11.1. The fourth-order valence-corrected chi connectivity index (χ4v) is 4.93. The van der Waals surface area contributed by atoms with Crippen LogP contribution in [0.5, 0.6) is 0 Å². The SMILES string of the molecule is CC(=O)N[C@@H](Cc1cc(F)cc(F)c1)[C@H](O)CNC1(c2cnc(CC(C)C)s2)CC1. The van der Waals surface area contributed by atoms with Gasteiger partial charge in [0.1, 0.15) is 11.6 Å². The monoisotopic (exact) mass is 437 g/mol. The van der Waals surface area contributed by atoms with E-state index in [4.69, 9.17) is 0 Å². The van der Waals surface area contributed by atoms with Crippen LogP contribution in [0.25, 0.3) is 0 Å². The average molecular weight is 438 g/mol. The van der Waals surface area contributed by atoms with Gasteiger partial charge in [-0.2, -0.15) is 0 Å².